The molecule has 1 atom stereocenters. The van der Waals surface area contributed by atoms with Crippen molar-refractivity contribution in [3.63, 3.8) is 0 Å². The number of halogens is 1. The predicted molar refractivity (Wildman–Crippen MR) is 107 cm³/mol. The second-order valence-corrected chi connectivity index (χ2v) is 8.61. The van der Waals surface area contributed by atoms with Crippen LogP contribution in [0.15, 0.2) is 47.4 Å². The van der Waals surface area contributed by atoms with Crippen molar-refractivity contribution in [2.24, 2.45) is 0 Å². The number of amides is 1. The zero-order valence-electron chi connectivity index (χ0n) is 15.5. The molecule has 9 heteroatoms. The van der Waals surface area contributed by atoms with Crippen LogP contribution < -0.4 is 14.8 Å². The van der Waals surface area contributed by atoms with Crippen LogP contribution in [0.4, 0.5) is 5.69 Å². The van der Waals surface area contributed by atoms with Gasteiger partial charge in [0.2, 0.25) is 15.9 Å². The van der Waals surface area contributed by atoms with Crippen molar-refractivity contribution in [2.75, 3.05) is 26.1 Å². The van der Waals surface area contributed by atoms with E-state index >= 15 is 0 Å². The lowest BCUT2D eigenvalue weighted by Crippen LogP contribution is -2.43. The molecule has 1 fully saturated rings. The first-order valence-corrected chi connectivity index (χ1v) is 10.5. The fraction of sp³-hybridized carbons (Fsp3) is 0.316. The number of carbonyl (C=O) groups excluding carboxylic acids is 1. The summed E-state index contributed by atoms with van der Waals surface area (Å²) in [6, 6.07) is 10.1. The highest BCUT2D eigenvalue weighted by atomic mass is 35.5. The van der Waals surface area contributed by atoms with Gasteiger partial charge in [0, 0.05) is 23.3 Å². The molecular formula is C19H21ClN2O5S. The number of ether oxygens (including phenoxy) is 2. The Balaban J connectivity index is 1.80. The number of hydrogen-bond donors (Lipinski definition) is 1. The molecule has 1 amide bonds. The van der Waals surface area contributed by atoms with Crippen LogP contribution in [0, 0.1) is 0 Å². The highest BCUT2D eigenvalue weighted by Gasteiger charge is 2.39. The first-order chi connectivity index (χ1) is 13.4. The molecule has 0 bridgehead atoms. The summed E-state index contributed by atoms with van der Waals surface area (Å²) in [6.07, 6.45) is 1.06. The normalized spacial score (nSPS) is 17.3. The average Bonchev–Trinajstić information content (AvgIpc) is 3.19. The molecule has 7 nitrogen and oxygen atoms in total. The summed E-state index contributed by atoms with van der Waals surface area (Å²) in [5.41, 5.74) is 0.499. The van der Waals surface area contributed by atoms with Gasteiger partial charge in [-0.3, -0.25) is 4.79 Å². The Hall–Kier alpha value is -2.29. The number of hydrogen-bond acceptors (Lipinski definition) is 5. The van der Waals surface area contributed by atoms with E-state index in [0.717, 1.165) is 0 Å². The third-order valence-electron chi connectivity index (χ3n) is 4.58. The highest BCUT2D eigenvalue weighted by molar-refractivity contribution is 7.89. The largest absolute Gasteiger partial charge is 0.493 e. The number of methoxy groups -OCH3 is 2. The second-order valence-electron chi connectivity index (χ2n) is 6.29. The zero-order chi connectivity index (χ0) is 20.3. The van der Waals surface area contributed by atoms with Crippen molar-refractivity contribution in [1.29, 1.82) is 0 Å². The fourth-order valence-corrected chi connectivity index (χ4v) is 4.95. The SMILES string of the molecule is COc1ccc(NC(=O)[C@H]2CCCN2S(=O)(=O)c2ccc(Cl)cc2)cc1OC. The van der Waals surface area contributed by atoms with Gasteiger partial charge in [-0.1, -0.05) is 11.6 Å². The van der Waals surface area contributed by atoms with Crippen molar-refractivity contribution in [1.82, 2.24) is 4.31 Å². The molecule has 1 saturated heterocycles. The van der Waals surface area contributed by atoms with Gasteiger partial charge in [0.15, 0.2) is 11.5 Å². The number of carbonyl (C=O) groups is 1. The Morgan fingerprint density at radius 2 is 1.79 bits per heavy atom. The zero-order valence-corrected chi connectivity index (χ0v) is 17.1. The minimum absolute atomic E-state index is 0.114. The molecule has 1 aliphatic heterocycles. The van der Waals surface area contributed by atoms with Gasteiger partial charge in [-0.25, -0.2) is 8.42 Å². The summed E-state index contributed by atoms with van der Waals surface area (Å²) >= 11 is 5.85. The van der Waals surface area contributed by atoms with E-state index < -0.39 is 16.1 Å². The molecule has 0 aromatic heterocycles. The molecule has 3 rings (SSSR count). The van der Waals surface area contributed by atoms with E-state index in [9.17, 15) is 13.2 Å². The van der Waals surface area contributed by atoms with Crippen LogP contribution in [0.3, 0.4) is 0 Å². The molecule has 0 unspecified atom stereocenters. The first kappa shape index (κ1) is 20.4. The second kappa shape index (κ2) is 8.38. The molecule has 0 spiro atoms. The standard InChI is InChI=1S/C19H21ClN2O5S/c1-26-17-10-7-14(12-18(17)27-2)21-19(23)16-4-3-11-22(16)28(24,25)15-8-5-13(20)6-9-15/h5-10,12,16H,3-4,11H2,1-2H3,(H,21,23)/t16-/m1/s1. The summed E-state index contributed by atoms with van der Waals surface area (Å²) in [4.78, 5) is 12.9. The van der Waals surface area contributed by atoms with Gasteiger partial charge >= 0.3 is 0 Å². The van der Waals surface area contributed by atoms with E-state index in [1.807, 2.05) is 0 Å². The van der Waals surface area contributed by atoms with Gasteiger partial charge in [-0.05, 0) is 49.2 Å². The molecule has 1 heterocycles. The minimum Gasteiger partial charge on any atom is -0.493 e. The van der Waals surface area contributed by atoms with Gasteiger partial charge in [-0.15, -0.1) is 0 Å². The Labute approximate surface area is 169 Å². The third-order valence-corrected chi connectivity index (χ3v) is 6.75. The summed E-state index contributed by atoms with van der Waals surface area (Å²) < 4.78 is 37.6. The van der Waals surface area contributed by atoms with E-state index in [1.165, 1.54) is 42.8 Å². The van der Waals surface area contributed by atoms with E-state index in [2.05, 4.69) is 5.32 Å². The lowest BCUT2D eigenvalue weighted by Gasteiger charge is -2.23. The fourth-order valence-electron chi connectivity index (χ4n) is 3.17. The van der Waals surface area contributed by atoms with Crippen LogP contribution in [0.1, 0.15) is 12.8 Å². The van der Waals surface area contributed by atoms with E-state index in [1.54, 1.807) is 18.2 Å². The average molecular weight is 425 g/mol. The van der Waals surface area contributed by atoms with E-state index in [-0.39, 0.29) is 17.3 Å². The number of rotatable bonds is 6. The Morgan fingerprint density at radius 1 is 1.11 bits per heavy atom. The maximum atomic E-state index is 13.0. The Morgan fingerprint density at radius 3 is 2.43 bits per heavy atom. The molecular weight excluding hydrogens is 404 g/mol. The molecule has 2 aromatic carbocycles. The quantitative estimate of drug-likeness (QED) is 0.769. The van der Waals surface area contributed by atoms with Gasteiger partial charge in [0.25, 0.3) is 0 Å². The van der Waals surface area contributed by atoms with Gasteiger partial charge < -0.3 is 14.8 Å². The van der Waals surface area contributed by atoms with Crippen LogP contribution in [-0.2, 0) is 14.8 Å². The summed E-state index contributed by atoms with van der Waals surface area (Å²) in [5, 5.41) is 3.22. The molecule has 0 radical (unpaired) electrons. The summed E-state index contributed by atoms with van der Waals surface area (Å²) in [6.45, 7) is 0.287. The molecule has 150 valence electrons. The van der Waals surface area contributed by atoms with Crippen LogP contribution in [-0.4, -0.2) is 45.4 Å². The van der Waals surface area contributed by atoms with Crippen LogP contribution in [0.2, 0.25) is 5.02 Å². The predicted octanol–water partition coefficient (Wildman–Crippen LogP) is 3.15. The lowest BCUT2D eigenvalue weighted by molar-refractivity contribution is -0.119. The maximum absolute atomic E-state index is 13.0. The molecule has 2 aromatic rings. The Bertz CT molecular complexity index is 963. The van der Waals surface area contributed by atoms with Crippen LogP contribution in [0.5, 0.6) is 11.5 Å². The summed E-state index contributed by atoms with van der Waals surface area (Å²) in [7, 11) is -0.773. The van der Waals surface area contributed by atoms with Crippen LogP contribution >= 0.6 is 11.6 Å². The van der Waals surface area contributed by atoms with Crippen LogP contribution in [0.25, 0.3) is 0 Å². The number of nitrogens with zero attached hydrogens (tertiary/aromatic N) is 1. The lowest BCUT2D eigenvalue weighted by atomic mass is 10.2. The van der Waals surface area contributed by atoms with E-state index in [0.29, 0.717) is 35.1 Å². The van der Waals surface area contributed by atoms with Crippen molar-refractivity contribution in [3.8, 4) is 11.5 Å². The smallest absolute Gasteiger partial charge is 0.243 e. The minimum atomic E-state index is -3.80. The number of sulfonamides is 1. The Kier molecular flexibility index (Phi) is 6.12. The van der Waals surface area contributed by atoms with Crippen molar-refractivity contribution >= 4 is 33.2 Å². The van der Waals surface area contributed by atoms with Crippen molar-refractivity contribution < 1.29 is 22.7 Å². The molecule has 0 aliphatic carbocycles. The van der Waals surface area contributed by atoms with Gasteiger partial charge in [-0.2, -0.15) is 4.31 Å². The molecule has 1 N–H and O–H groups in total. The highest BCUT2D eigenvalue weighted by Crippen LogP contribution is 2.31. The third kappa shape index (κ3) is 4.09. The van der Waals surface area contributed by atoms with Gasteiger partial charge in [0.1, 0.15) is 6.04 Å². The van der Waals surface area contributed by atoms with Gasteiger partial charge in [0.05, 0.1) is 19.1 Å². The maximum Gasteiger partial charge on any atom is 0.243 e. The summed E-state index contributed by atoms with van der Waals surface area (Å²) in [5.74, 6) is 0.618. The van der Waals surface area contributed by atoms with Crippen molar-refractivity contribution in [3.05, 3.63) is 47.5 Å². The van der Waals surface area contributed by atoms with E-state index in [4.69, 9.17) is 21.1 Å². The molecule has 1 aliphatic rings. The monoisotopic (exact) mass is 424 g/mol. The molecule has 28 heavy (non-hydrogen) atoms. The number of anilines is 1. The van der Waals surface area contributed by atoms with Crippen molar-refractivity contribution in [2.45, 2.75) is 23.8 Å². The topological polar surface area (TPSA) is 84.9 Å². The molecule has 0 saturated carbocycles. The number of nitrogens with one attached hydrogen (secondary N) is 1. The number of benzene rings is 2. The first-order valence-electron chi connectivity index (χ1n) is 8.67.